The van der Waals surface area contributed by atoms with E-state index in [0.717, 1.165) is 60.2 Å². The van der Waals surface area contributed by atoms with Gasteiger partial charge in [-0.15, -0.1) is 0 Å². The van der Waals surface area contributed by atoms with Crippen molar-refractivity contribution >= 4 is 23.1 Å². The van der Waals surface area contributed by atoms with E-state index in [4.69, 9.17) is 4.98 Å². The zero-order valence-corrected chi connectivity index (χ0v) is 24.1. The number of aromatic nitrogens is 4. The molecule has 1 aromatic carbocycles. The number of alkyl halides is 3. The van der Waals surface area contributed by atoms with Crippen LogP contribution >= 0.6 is 0 Å². The minimum absolute atomic E-state index is 0.0544. The van der Waals surface area contributed by atoms with Crippen molar-refractivity contribution in [1.29, 1.82) is 0 Å². The predicted octanol–water partition coefficient (Wildman–Crippen LogP) is 5.54. The molecule has 1 aliphatic rings. The Hall–Kier alpha value is -4.58. The Balaban J connectivity index is 1.44. The van der Waals surface area contributed by atoms with Crippen LogP contribution in [0.15, 0.2) is 67.1 Å². The van der Waals surface area contributed by atoms with E-state index < -0.39 is 17.6 Å². The molecule has 0 spiro atoms. The van der Waals surface area contributed by atoms with E-state index in [2.05, 4.69) is 15.3 Å². The second-order valence-electron chi connectivity index (χ2n) is 10.7. The van der Waals surface area contributed by atoms with Gasteiger partial charge in [-0.2, -0.15) is 13.2 Å². The Kier molecular flexibility index (Phi) is 8.58. The Bertz CT molecular complexity index is 1660. The molecular weight excluding hydrogens is 559 g/mol. The molecule has 1 saturated heterocycles. The van der Waals surface area contributed by atoms with Gasteiger partial charge in [0.15, 0.2) is 0 Å². The molecule has 1 N–H and O–H groups in total. The molecular formula is C31H32F3N7O2. The second-order valence-corrected chi connectivity index (χ2v) is 10.7. The number of anilines is 1. The highest BCUT2D eigenvalue weighted by Crippen LogP contribution is 2.35. The van der Waals surface area contributed by atoms with Crippen molar-refractivity contribution < 1.29 is 22.8 Å². The zero-order chi connectivity index (χ0) is 30.7. The van der Waals surface area contributed by atoms with Crippen molar-refractivity contribution in [2.45, 2.75) is 38.4 Å². The maximum Gasteiger partial charge on any atom is 0.416 e. The number of nitrogens with one attached hydrogen (secondary N) is 1. The number of pyridine rings is 1. The van der Waals surface area contributed by atoms with Crippen LogP contribution in [-0.2, 0) is 11.0 Å². The molecule has 4 aromatic rings. The molecule has 12 heteroatoms. The first kappa shape index (κ1) is 29.9. The van der Waals surface area contributed by atoms with Crippen LogP contribution in [-0.4, -0.2) is 68.2 Å². The van der Waals surface area contributed by atoms with E-state index in [1.54, 1.807) is 36.5 Å². The summed E-state index contributed by atoms with van der Waals surface area (Å²) in [5, 5.41) is 2.43. The molecule has 2 amide bonds. The molecule has 1 atom stereocenters. The average molecular weight is 592 g/mol. The first-order valence-corrected chi connectivity index (χ1v) is 13.9. The van der Waals surface area contributed by atoms with E-state index in [0.29, 0.717) is 18.8 Å². The van der Waals surface area contributed by atoms with E-state index in [1.165, 1.54) is 0 Å². The first-order valence-electron chi connectivity index (χ1n) is 13.9. The summed E-state index contributed by atoms with van der Waals surface area (Å²) in [4.78, 5) is 43.2. The van der Waals surface area contributed by atoms with E-state index in [1.807, 2.05) is 47.5 Å². The minimum Gasteiger partial charge on any atom is -0.329 e. The lowest BCUT2D eigenvalue weighted by Gasteiger charge is -2.34. The fraction of sp³-hybridized carbons (Fsp3) is 0.323. The minimum atomic E-state index is -4.55. The summed E-state index contributed by atoms with van der Waals surface area (Å²) in [5.74, 6) is -0.105. The lowest BCUT2D eigenvalue weighted by Crippen LogP contribution is -2.38. The van der Waals surface area contributed by atoms with Crippen LogP contribution in [0.1, 0.15) is 52.7 Å². The van der Waals surface area contributed by atoms with Gasteiger partial charge in [0.05, 0.1) is 28.5 Å². The first-order chi connectivity index (χ1) is 20.5. The van der Waals surface area contributed by atoms with Gasteiger partial charge in [-0.1, -0.05) is 18.2 Å². The third-order valence-electron chi connectivity index (χ3n) is 7.33. The Labute approximate surface area is 247 Å². The average Bonchev–Trinajstić information content (AvgIpc) is 3.37. The number of fused-ring (bicyclic) bond motifs is 1. The van der Waals surface area contributed by atoms with Crippen LogP contribution in [0.3, 0.4) is 0 Å². The fourth-order valence-corrected chi connectivity index (χ4v) is 5.22. The van der Waals surface area contributed by atoms with E-state index in [9.17, 15) is 22.8 Å². The van der Waals surface area contributed by atoms with Crippen LogP contribution < -0.4 is 5.32 Å². The van der Waals surface area contributed by atoms with Crippen molar-refractivity contribution in [3.8, 4) is 11.3 Å². The van der Waals surface area contributed by atoms with Crippen LogP contribution in [0, 0.1) is 6.92 Å². The summed E-state index contributed by atoms with van der Waals surface area (Å²) in [5.41, 5.74) is 2.29. The number of piperidine rings is 1. The van der Waals surface area contributed by atoms with Gasteiger partial charge in [-0.05, 0) is 64.5 Å². The molecule has 1 unspecified atom stereocenters. The molecule has 224 valence electrons. The van der Waals surface area contributed by atoms with Crippen LogP contribution in [0.2, 0.25) is 0 Å². The summed E-state index contributed by atoms with van der Waals surface area (Å²) in [6.07, 6.45) is 6.15. The molecule has 3 aromatic heterocycles. The number of likely N-dealkylation sites (N-methyl/N-ethyl adjacent to an activating group) is 1. The monoisotopic (exact) mass is 591 g/mol. The number of rotatable bonds is 7. The van der Waals surface area contributed by atoms with Crippen molar-refractivity contribution in [3.05, 3.63) is 89.8 Å². The summed E-state index contributed by atoms with van der Waals surface area (Å²) < 4.78 is 41.1. The van der Waals surface area contributed by atoms with Gasteiger partial charge in [0, 0.05) is 48.9 Å². The normalized spacial score (nSPS) is 15.9. The number of hydrogen-bond donors (Lipinski definition) is 1. The van der Waals surface area contributed by atoms with Crippen molar-refractivity contribution in [2.75, 3.05) is 32.5 Å². The molecule has 1 aliphatic heterocycles. The smallest absolute Gasteiger partial charge is 0.329 e. The highest BCUT2D eigenvalue weighted by Gasteiger charge is 2.32. The van der Waals surface area contributed by atoms with Gasteiger partial charge in [-0.25, -0.2) is 9.97 Å². The van der Waals surface area contributed by atoms with E-state index >= 15 is 0 Å². The van der Waals surface area contributed by atoms with Gasteiger partial charge in [0.1, 0.15) is 11.6 Å². The summed E-state index contributed by atoms with van der Waals surface area (Å²) in [6, 6.07) is 8.05. The highest BCUT2D eigenvalue weighted by atomic mass is 19.4. The number of hydrogen-bond acceptors (Lipinski definition) is 6. The maximum absolute atomic E-state index is 13.2. The number of nitrogens with zero attached hydrogens (tertiary/aromatic N) is 6. The molecule has 0 aliphatic carbocycles. The standard InChI is InChI=1S/C31H32F3N7O2/c1-20-28-27(21-9-11-22(12-10-21)30(43)37-25-19-23(13-14-36-25)31(32,33)34)38-29(41(28)18-15-35-20)24-7-4-5-17-40(24)26(42)8-6-16-39(2)3/h6,8-15,18-19,24H,4-5,7,16-17H2,1-3H3,(H,36,37,43). The number of benzene rings is 1. The molecule has 4 heterocycles. The predicted molar refractivity (Wildman–Crippen MR) is 156 cm³/mol. The lowest BCUT2D eigenvalue weighted by atomic mass is 10.0. The molecule has 9 nitrogen and oxygen atoms in total. The summed E-state index contributed by atoms with van der Waals surface area (Å²) in [6.45, 7) is 3.19. The Morgan fingerprint density at radius 1 is 1.09 bits per heavy atom. The van der Waals surface area contributed by atoms with Crippen LogP contribution in [0.25, 0.3) is 16.8 Å². The molecule has 0 bridgehead atoms. The largest absolute Gasteiger partial charge is 0.416 e. The van der Waals surface area contributed by atoms with Gasteiger partial charge in [0.25, 0.3) is 5.91 Å². The van der Waals surface area contributed by atoms with Crippen molar-refractivity contribution in [2.24, 2.45) is 0 Å². The molecule has 1 fully saturated rings. The summed E-state index contributed by atoms with van der Waals surface area (Å²) >= 11 is 0. The molecule has 0 radical (unpaired) electrons. The number of carbonyl (C=O) groups is 2. The Morgan fingerprint density at radius 2 is 1.86 bits per heavy atom. The van der Waals surface area contributed by atoms with E-state index in [-0.39, 0.29) is 23.3 Å². The fourth-order valence-electron chi connectivity index (χ4n) is 5.22. The lowest BCUT2D eigenvalue weighted by molar-refractivity contribution is -0.137. The molecule has 0 saturated carbocycles. The highest BCUT2D eigenvalue weighted by molar-refractivity contribution is 6.04. The topological polar surface area (TPSA) is 95.7 Å². The third-order valence-corrected chi connectivity index (χ3v) is 7.33. The third kappa shape index (κ3) is 6.59. The van der Waals surface area contributed by atoms with Crippen LogP contribution in [0.4, 0.5) is 19.0 Å². The second kappa shape index (κ2) is 12.3. The molecule has 5 rings (SSSR count). The van der Waals surface area contributed by atoms with Crippen molar-refractivity contribution in [3.63, 3.8) is 0 Å². The zero-order valence-electron chi connectivity index (χ0n) is 24.1. The SMILES string of the molecule is Cc1nccn2c(C3CCCCN3C(=O)C=CCN(C)C)nc(-c3ccc(C(=O)Nc4cc(C(F)(F)F)ccn4)cc3)c12. The number of carbonyl (C=O) groups excluding carboxylic acids is 2. The van der Waals surface area contributed by atoms with Gasteiger partial charge in [-0.3, -0.25) is 19.0 Å². The quantitative estimate of drug-likeness (QED) is 0.284. The number of aryl methyl sites for hydroxylation is 1. The summed E-state index contributed by atoms with van der Waals surface area (Å²) in [7, 11) is 3.89. The Morgan fingerprint density at radius 3 is 2.58 bits per heavy atom. The maximum atomic E-state index is 13.2. The number of halogens is 3. The molecule has 43 heavy (non-hydrogen) atoms. The van der Waals surface area contributed by atoms with Crippen LogP contribution in [0.5, 0.6) is 0 Å². The van der Waals surface area contributed by atoms with Gasteiger partial charge in [0.2, 0.25) is 5.91 Å². The number of amides is 2. The van der Waals surface area contributed by atoms with Gasteiger partial charge < -0.3 is 15.1 Å². The van der Waals surface area contributed by atoms with Gasteiger partial charge >= 0.3 is 6.18 Å². The van der Waals surface area contributed by atoms with Crippen molar-refractivity contribution in [1.82, 2.24) is 29.2 Å². The number of likely N-dealkylation sites (tertiary alicyclic amines) is 1. The number of imidazole rings is 1.